The molecule has 0 aromatic rings. The molecule has 0 aliphatic rings. The summed E-state index contributed by atoms with van der Waals surface area (Å²) in [5.41, 5.74) is 5.03. The lowest BCUT2D eigenvalue weighted by Gasteiger charge is -1.91. The molecule has 0 amide bonds. The number of hydrogen-bond acceptors (Lipinski definition) is 2. The monoisotopic (exact) mass is 97.1 g/mol. The molecule has 0 saturated heterocycles. The molecule has 1 unspecified atom stereocenters. The van der Waals surface area contributed by atoms with Gasteiger partial charge in [-0.15, -0.1) is 6.42 Å². The highest BCUT2D eigenvalue weighted by atomic mass is 16.1. The predicted octanol–water partition coefficient (Wildman–Crippen LogP) is -0.464. The van der Waals surface area contributed by atoms with E-state index in [4.69, 9.17) is 12.2 Å². The second-order valence-corrected chi connectivity index (χ2v) is 1.25. The number of rotatable bonds is 1. The van der Waals surface area contributed by atoms with Crippen molar-refractivity contribution in [3.63, 3.8) is 0 Å². The smallest absolute Gasteiger partial charge is 0.158 e. The first-order valence-corrected chi connectivity index (χ1v) is 1.90. The molecule has 2 N–H and O–H groups in total. The van der Waals surface area contributed by atoms with Crippen LogP contribution in [0.2, 0.25) is 0 Å². The fourth-order valence-electron chi connectivity index (χ4n) is 0.117. The first kappa shape index (κ1) is 6.19. The van der Waals surface area contributed by atoms with E-state index in [-0.39, 0.29) is 5.78 Å². The summed E-state index contributed by atoms with van der Waals surface area (Å²) >= 11 is 0. The molecule has 0 saturated carbocycles. The highest BCUT2D eigenvalue weighted by Crippen LogP contribution is 1.73. The van der Waals surface area contributed by atoms with E-state index in [2.05, 4.69) is 5.92 Å². The van der Waals surface area contributed by atoms with E-state index >= 15 is 0 Å². The second kappa shape index (κ2) is 2.38. The molecule has 2 heteroatoms. The Morgan fingerprint density at radius 1 is 2.00 bits per heavy atom. The molecule has 0 rings (SSSR count). The molecule has 0 heterocycles. The Labute approximate surface area is 42.7 Å². The number of hydrogen-bond donors (Lipinski definition) is 1. The Balaban J connectivity index is 3.63. The van der Waals surface area contributed by atoms with Gasteiger partial charge in [0.05, 0.1) is 0 Å². The Morgan fingerprint density at radius 3 is 2.43 bits per heavy atom. The first-order valence-electron chi connectivity index (χ1n) is 1.90. The van der Waals surface area contributed by atoms with Crippen molar-refractivity contribution in [1.82, 2.24) is 0 Å². The average molecular weight is 97.1 g/mol. The molecule has 1 atom stereocenters. The van der Waals surface area contributed by atoms with E-state index in [1.165, 1.54) is 6.92 Å². The zero-order valence-electron chi connectivity index (χ0n) is 4.14. The normalized spacial score (nSPS) is 12.1. The van der Waals surface area contributed by atoms with Crippen LogP contribution in [-0.2, 0) is 4.79 Å². The minimum Gasteiger partial charge on any atom is -0.312 e. The van der Waals surface area contributed by atoms with E-state index in [1.807, 2.05) is 0 Å². The molecule has 0 aromatic carbocycles. The summed E-state index contributed by atoms with van der Waals surface area (Å²) < 4.78 is 0. The van der Waals surface area contributed by atoms with Gasteiger partial charge < -0.3 is 5.73 Å². The molecule has 0 bridgehead atoms. The molecule has 0 fully saturated rings. The molecule has 0 aliphatic heterocycles. The maximum absolute atomic E-state index is 10.1. The fourth-order valence-corrected chi connectivity index (χ4v) is 0.117. The lowest BCUT2D eigenvalue weighted by molar-refractivity contribution is -0.117. The summed E-state index contributed by atoms with van der Waals surface area (Å²) in [6, 6.07) is -0.708. The van der Waals surface area contributed by atoms with Crippen LogP contribution in [-0.4, -0.2) is 11.8 Å². The van der Waals surface area contributed by atoms with Crippen molar-refractivity contribution in [2.75, 3.05) is 0 Å². The van der Waals surface area contributed by atoms with E-state index in [1.54, 1.807) is 0 Å². The number of carbonyl (C=O) groups excluding carboxylic acids is 1. The standard InChI is InChI=1S/C5H7NO/c1-3-5(6)4(2)7/h1,5H,6H2,2H3. The Hall–Kier alpha value is -0.810. The van der Waals surface area contributed by atoms with Crippen molar-refractivity contribution >= 4 is 5.78 Å². The van der Waals surface area contributed by atoms with Gasteiger partial charge in [0.15, 0.2) is 5.78 Å². The van der Waals surface area contributed by atoms with Crippen LogP contribution < -0.4 is 5.73 Å². The van der Waals surface area contributed by atoms with Gasteiger partial charge in [0.2, 0.25) is 0 Å². The Kier molecular flexibility index (Phi) is 2.10. The van der Waals surface area contributed by atoms with Gasteiger partial charge in [-0.25, -0.2) is 0 Å². The van der Waals surface area contributed by atoms with Crippen LogP contribution in [0, 0.1) is 12.3 Å². The highest BCUT2D eigenvalue weighted by Gasteiger charge is 1.99. The lowest BCUT2D eigenvalue weighted by Crippen LogP contribution is -2.25. The molecule has 0 aliphatic carbocycles. The third kappa shape index (κ3) is 1.96. The van der Waals surface area contributed by atoms with Gasteiger partial charge in [-0.05, 0) is 6.92 Å². The van der Waals surface area contributed by atoms with Crippen LogP contribution in [0.4, 0.5) is 0 Å². The third-order valence-electron chi connectivity index (χ3n) is 0.618. The van der Waals surface area contributed by atoms with E-state index in [0.29, 0.717) is 0 Å². The summed E-state index contributed by atoms with van der Waals surface area (Å²) in [5, 5.41) is 0. The van der Waals surface area contributed by atoms with Crippen LogP contribution in [0.5, 0.6) is 0 Å². The molecule has 2 nitrogen and oxygen atoms in total. The Bertz CT molecular complexity index is 112. The van der Waals surface area contributed by atoms with Crippen LogP contribution in [0.1, 0.15) is 6.92 Å². The molecule has 0 spiro atoms. The minimum absolute atomic E-state index is 0.164. The van der Waals surface area contributed by atoms with Gasteiger partial charge in [-0.3, -0.25) is 4.79 Å². The summed E-state index contributed by atoms with van der Waals surface area (Å²) in [5.74, 6) is 1.93. The summed E-state index contributed by atoms with van der Waals surface area (Å²) in [6.45, 7) is 1.37. The first-order chi connectivity index (χ1) is 3.18. The minimum atomic E-state index is -0.708. The van der Waals surface area contributed by atoms with Gasteiger partial charge in [-0.2, -0.15) is 0 Å². The number of carbonyl (C=O) groups is 1. The molecule has 7 heavy (non-hydrogen) atoms. The number of nitrogens with two attached hydrogens (primary N) is 1. The molecule has 38 valence electrons. The molecule has 0 radical (unpaired) electrons. The van der Waals surface area contributed by atoms with Crippen molar-refractivity contribution in [2.24, 2.45) is 5.73 Å². The second-order valence-electron chi connectivity index (χ2n) is 1.25. The van der Waals surface area contributed by atoms with Gasteiger partial charge in [0.25, 0.3) is 0 Å². The van der Waals surface area contributed by atoms with Gasteiger partial charge in [-0.1, -0.05) is 5.92 Å². The topological polar surface area (TPSA) is 43.1 Å². The molecular formula is C5H7NO. The van der Waals surface area contributed by atoms with Gasteiger partial charge in [0, 0.05) is 0 Å². The van der Waals surface area contributed by atoms with Crippen LogP contribution in [0.15, 0.2) is 0 Å². The maximum Gasteiger partial charge on any atom is 0.158 e. The summed E-state index contributed by atoms with van der Waals surface area (Å²) in [6.07, 6.45) is 4.78. The number of Topliss-reactive ketones (excluding diaryl/α,β-unsaturated/α-hetero) is 1. The van der Waals surface area contributed by atoms with Crippen molar-refractivity contribution in [2.45, 2.75) is 13.0 Å². The number of ketones is 1. The third-order valence-corrected chi connectivity index (χ3v) is 0.618. The van der Waals surface area contributed by atoms with Crippen molar-refractivity contribution < 1.29 is 4.79 Å². The molecular weight excluding hydrogens is 90.1 g/mol. The lowest BCUT2D eigenvalue weighted by atomic mass is 10.2. The van der Waals surface area contributed by atoms with E-state index in [9.17, 15) is 4.79 Å². The zero-order valence-corrected chi connectivity index (χ0v) is 4.14. The van der Waals surface area contributed by atoms with Gasteiger partial charge >= 0.3 is 0 Å². The molecule has 0 aromatic heterocycles. The van der Waals surface area contributed by atoms with Gasteiger partial charge in [0.1, 0.15) is 6.04 Å². The van der Waals surface area contributed by atoms with Crippen LogP contribution in [0.3, 0.4) is 0 Å². The highest BCUT2D eigenvalue weighted by molar-refractivity contribution is 5.84. The van der Waals surface area contributed by atoms with Crippen LogP contribution in [0.25, 0.3) is 0 Å². The predicted molar refractivity (Wildman–Crippen MR) is 27.5 cm³/mol. The van der Waals surface area contributed by atoms with Crippen molar-refractivity contribution in [1.29, 1.82) is 0 Å². The van der Waals surface area contributed by atoms with E-state index < -0.39 is 6.04 Å². The van der Waals surface area contributed by atoms with Crippen molar-refractivity contribution in [3.05, 3.63) is 0 Å². The van der Waals surface area contributed by atoms with E-state index in [0.717, 1.165) is 0 Å². The summed E-state index contributed by atoms with van der Waals surface area (Å²) in [4.78, 5) is 10.1. The largest absolute Gasteiger partial charge is 0.312 e. The maximum atomic E-state index is 10.1. The summed E-state index contributed by atoms with van der Waals surface area (Å²) in [7, 11) is 0. The van der Waals surface area contributed by atoms with Crippen molar-refractivity contribution in [3.8, 4) is 12.3 Å². The average Bonchev–Trinajstić information content (AvgIpc) is 1.65. The van der Waals surface area contributed by atoms with Crippen LogP contribution >= 0.6 is 0 Å². The SMILES string of the molecule is C#CC(N)C(C)=O. The Morgan fingerprint density at radius 2 is 2.43 bits per heavy atom. The quantitative estimate of drug-likeness (QED) is 0.450. The fraction of sp³-hybridized carbons (Fsp3) is 0.400. The zero-order chi connectivity index (χ0) is 5.86. The number of terminal acetylenes is 1.